The predicted molar refractivity (Wildman–Crippen MR) is 105 cm³/mol. The molecule has 1 saturated heterocycles. The molecule has 2 aromatic carbocycles. The lowest BCUT2D eigenvalue weighted by Gasteiger charge is -2.32. The molecule has 26 heavy (non-hydrogen) atoms. The second-order valence-electron chi connectivity index (χ2n) is 6.95. The summed E-state index contributed by atoms with van der Waals surface area (Å²) in [6, 6.07) is 15.7. The maximum Gasteiger partial charge on any atom is 0.218 e. The maximum absolute atomic E-state index is 12.8. The molecule has 1 fully saturated rings. The molecule has 0 saturated carbocycles. The molecule has 0 radical (unpaired) electrons. The van der Waals surface area contributed by atoms with Gasteiger partial charge in [-0.3, -0.25) is 0 Å². The molecular weight excluding hydrogens is 348 g/mol. The Balaban J connectivity index is 1.71. The lowest BCUT2D eigenvalue weighted by Crippen LogP contribution is -2.42. The summed E-state index contributed by atoms with van der Waals surface area (Å²) in [5, 5.41) is 0. The topological polar surface area (TPSA) is 49.9 Å². The van der Waals surface area contributed by atoms with Crippen molar-refractivity contribution in [2.75, 3.05) is 38.7 Å². The number of hydrogen-bond donors (Lipinski definition) is 0. The summed E-state index contributed by atoms with van der Waals surface area (Å²) in [7, 11) is 0.616. The zero-order chi connectivity index (χ0) is 18.7. The molecule has 1 aliphatic heterocycles. The van der Waals surface area contributed by atoms with E-state index in [2.05, 4.69) is 0 Å². The van der Waals surface area contributed by atoms with Crippen molar-refractivity contribution in [1.82, 2.24) is 4.31 Å². The molecule has 1 aliphatic rings. The highest BCUT2D eigenvalue weighted by Gasteiger charge is 2.30. The van der Waals surface area contributed by atoms with Crippen LogP contribution in [0.2, 0.25) is 0 Å². The van der Waals surface area contributed by atoms with Crippen LogP contribution in [0.15, 0.2) is 48.5 Å². The van der Waals surface area contributed by atoms with E-state index in [1.807, 2.05) is 74.4 Å². The summed E-state index contributed by atoms with van der Waals surface area (Å²) < 4.78 is 33.0. The fourth-order valence-corrected chi connectivity index (χ4v) is 4.56. The summed E-state index contributed by atoms with van der Waals surface area (Å²) in [5.41, 5.74) is 4.05. The summed E-state index contributed by atoms with van der Waals surface area (Å²) in [6.45, 7) is 3.16. The Kier molecular flexibility index (Phi) is 5.65. The predicted octanol–water partition coefficient (Wildman–Crippen LogP) is 2.96. The summed E-state index contributed by atoms with van der Waals surface area (Å²) in [4.78, 5) is 2.03. The van der Waals surface area contributed by atoms with Gasteiger partial charge in [0.15, 0.2) is 0 Å². The minimum atomic E-state index is -3.37. The Morgan fingerprint density at radius 2 is 1.73 bits per heavy atom. The minimum absolute atomic E-state index is 0.0273. The lowest BCUT2D eigenvalue weighted by atomic mass is 10.1. The van der Waals surface area contributed by atoms with Gasteiger partial charge in [0.2, 0.25) is 10.0 Å². The van der Waals surface area contributed by atoms with E-state index in [1.165, 1.54) is 0 Å². The third-order valence-electron chi connectivity index (χ3n) is 4.67. The van der Waals surface area contributed by atoms with Gasteiger partial charge in [-0.25, -0.2) is 8.42 Å². The summed E-state index contributed by atoms with van der Waals surface area (Å²) in [5.74, 6) is 0.0273. The van der Waals surface area contributed by atoms with Gasteiger partial charge in [-0.2, -0.15) is 4.31 Å². The van der Waals surface area contributed by atoms with E-state index in [1.54, 1.807) is 4.31 Å². The normalized spacial score (nSPS) is 18.7. The van der Waals surface area contributed by atoms with Crippen LogP contribution in [0.3, 0.4) is 0 Å². The monoisotopic (exact) mass is 374 g/mol. The number of benzene rings is 2. The molecule has 3 rings (SSSR count). The number of hydrogen-bond acceptors (Lipinski definition) is 4. The second-order valence-corrected chi connectivity index (χ2v) is 8.91. The van der Waals surface area contributed by atoms with Gasteiger partial charge in [0.25, 0.3) is 0 Å². The molecule has 0 bridgehead atoms. The van der Waals surface area contributed by atoms with Crippen molar-refractivity contribution < 1.29 is 13.2 Å². The molecule has 0 N–H and O–H groups in total. The third-order valence-corrected chi connectivity index (χ3v) is 6.49. The van der Waals surface area contributed by atoms with E-state index in [0.29, 0.717) is 19.7 Å². The number of anilines is 1. The van der Waals surface area contributed by atoms with Gasteiger partial charge < -0.3 is 9.64 Å². The lowest BCUT2D eigenvalue weighted by molar-refractivity contribution is -0.00259. The Bertz CT molecular complexity index is 830. The highest BCUT2D eigenvalue weighted by Crippen LogP contribution is 2.26. The molecule has 0 amide bonds. The highest BCUT2D eigenvalue weighted by molar-refractivity contribution is 7.88. The van der Waals surface area contributed by atoms with Crippen molar-refractivity contribution in [3.05, 3.63) is 65.2 Å². The molecule has 1 unspecified atom stereocenters. The Morgan fingerprint density at radius 3 is 2.35 bits per heavy atom. The van der Waals surface area contributed by atoms with E-state index in [4.69, 9.17) is 4.74 Å². The number of nitrogens with zero attached hydrogens (tertiary/aromatic N) is 2. The quantitative estimate of drug-likeness (QED) is 0.807. The third kappa shape index (κ3) is 4.44. The number of morpholine rings is 1. The maximum atomic E-state index is 12.8. The van der Waals surface area contributed by atoms with Crippen molar-refractivity contribution in [3.63, 3.8) is 0 Å². The number of ether oxygens (including phenoxy) is 1. The second kappa shape index (κ2) is 7.78. The Morgan fingerprint density at radius 1 is 1.08 bits per heavy atom. The number of sulfonamides is 1. The van der Waals surface area contributed by atoms with Crippen molar-refractivity contribution in [3.8, 4) is 0 Å². The van der Waals surface area contributed by atoms with E-state index in [9.17, 15) is 8.42 Å². The van der Waals surface area contributed by atoms with Crippen LogP contribution in [0.5, 0.6) is 0 Å². The highest BCUT2D eigenvalue weighted by atomic mass is 32.2. The van der Waals surface area contributed by atoms with Crippen LogP contribution >= 0.6 is 0 Å². The fraction of sp³-hybridized carbons (Fsp3) is 0.400. The molecule has 5 nitrogen and oxygen atoms in total. The molecule has 140 valence electrons. The van der Waals surface area contributed by atoms with Crippen molar-refractivity contribution in [2.24, 2.45) is 0 Å². The first-order chi connectivity index (χ1) is 12.3. The van der Waals surface area contributed by atoms with E-state index in [0.717, 1.165) is 22.4 Å². The van der Waals surface area contributed by atoms with Gasteiger partial charge in [-0.1, -0.05) is 42.0 Å². The van der Waals surface area contributed by atoms with E-state index in [-0.39, 0.29) is 11.9 Å². The van der Waals surface area contributed by atoms with Gasteiger partial charge in [0.05, 0.1) is 18.5 Å². The summed E-state index contributed by atoms with van der Waals surface area (Å²) >= 11 is 0. The van der Waals surface area contributed by atoms with Crippen molar-refractivity contribution in [1.29, 1.82) is 0 Å². The zero-order valence-corrected chi connectivity index (χ0v) is 16.4. The zero-order valence-electron chi connectivity index (χ0n) is 15.6. The average molecular weight is 375 g/mol. The van der Waals surface area contributed by atoms with Gasteiger partial charge in [0.1, 0.15) is 0 Å². The van der Waals surface area contributed by atoms with Crippen molar-refractivity contribution >= 4 is 15.7 Å². The van der Waals surface area contributed by atoms with Gasteiger partial charge in [0, 0.05) is 32.9 Å². The number of rotatable bonds is 5. The van der Waals surface area contributed by atoms with Crippen LogP contribution in [0, 0.1) is 6.92 Å². The smallest absolute Gasteiger partial charge is 0.218 e. The van der Waals surface area contributed by atoms with Gasteiger partial charge in [-0.05, 0) is 30.2 Å². The van der Waals surface area contributed by atoms with Crippen LogP contribution in [-0.4, -0.2) is 46.5 Å². The first kappa shape index (κ1) is 18.9. The van der Waals surface area contributed by atoms with Crippen LogP contribution in [0.4, 0.5) is 5.69 Å². The van der Waals surface area contributed by atoms with Crippen LogP contribution in [0.25, 0.3) is 0 Å². The molecule has 0 aliphatic carbocycles. The standard InChI is InChI=1S/C20H26N2O3S/c1-16-4-6-17(7-5-16)15-26(23,24)22-12-13-25-20(14-22)18-8-10-19(11-9-18)21(2)3/h4-11,20H,12-15H2,1-3H3. The first-order valence-electron chi connectivity index (χ1n) is 8.77. The summed E-state index contributed by atoms with van der Waals surface area (Å²) in [6.07, 6.45) is -0.229. The first-order valence-corrected chi connectivity index (χ1v) is 10.4. The molecule has 6 heteroatoms. The van der Waals surface area contributed by atoms with E-state index >= 15 is 0 Å². The number of aryl methyl sites for hydroxylation is 1. The average Bonchev–Trinajstić information content (AvgIpc) is 2.64. The Hall–Kier alpha value is -1.89. The molecule has 1 atom stereocenters. The minimum Gasteiger partial charge on any atom is -0.378 e. The SMILES string of the molecule is Cc1ccc(CS(=O)(=O)N2CCOC(c3ccc(N(C)C)cc3)C2)cc1. The molecule has 0 spiro atoms. The molecule has 1 heterocycles. The largest absolute Gasteiger partial charge is 0.378 e. The molecular formula is C20H26N2O3S. The van der Waals surface area contributed by atoms with Gasteiger partial charge >= 0.3 is 0 Å². The van der Waals surface area contributed by atoms with E-state index < -0.39 is 10.0 Å². The fourth-order valence-electron chi connectivity index (χ4n) is 3.05. The van der Waals surface area contributed by atoms with Gasteiger partial charge in [-0.15, -0.1) is 0 Å². The van der Waals surface area contributed by atoms with Crippen LogP contribution in [-0.2, 0) is 20.5 Å². The molecule has 0 aromatic heterocycles. The van der Waals surface area contributed by atoms with Crippen LogP contribution < -0.4 is 4.90 Å². The Labute approximate surface area is 156 Å². The molecule has 2 aromatic rings. The van der Waals surface area contributed by atoms with Crippen molar-refractivity contribution in [2.45, 2.75) is 18.8 Å². The van der Waals surface area contributed by atoms with Crippen LogP contribution in [0.1, 0.15) is 22.8 Å².